The first kappa shape index (κ1) is 66.9. The minimum Gasteiger partial charge on any atom is -0.504 e. The number of hydrogen-bond donors (Lipinski definition) is 0. The lowest BCUT2D eigenvalue weighted by molar-refractivity contribution is -0.120. The van der Waals surface area contributed by atoms with E-state index in [1.165, 1.54) is 42.7 Å². The number of rotatable bonds is 14. The number of ether oxygens (including phenoxy) is 1. The monoisotopic (exact) mass is 1280 g/mol. The molecule has 4 amide bonds. The van der Waals surface area contributed by atoms with Crippen molar-refractivity contribution >= 4 is 87.8 Å². The third-order valence-corrected chi connectivity index (χ3v) is 15.4. The topological polar surface area (TPSA) is 222 Å². The Balaban J connectivity index is 0.000000162. The molecule has 5 fully saturated rings. The molecule has 0 N–H and O–H groups in total. The van der Waals surface area contributed by atoms with Crippen molar-refractivity contribution in [2.75, 3.05) is 72.5 Å². The number of likely N-dealkylation sites (tertiary alicyclic amines) is 1. The van der Waals surface area contributed by atoms with Crippen molar-refractivity contribution < 1.29 is 60.3 Å². The molecule has 464 valence electrons. The third-order valence-electron chi connectivity index (χ3n) is 14.7. The summed E-state index contributed by atoms with van der Waals surface area (Å²) in [6.45, 7) is 5.26. The summed E-state index contributed by atoms with van der Waals surface area (Å²) < 4.78 is 70.4. The van der Waals surface area contributed by atoms with Crippen molar-refractivity contribution in [3.8, 4) is 0 Å². The predicted molar refractivity (Wildman–Crippen MR) is 322 cm³/mol. The van der Waals surface area contributed by atoms with Crippen LogP contribution in [-0.2, 0) is 41.6 Å². The van der Waals surface area contributed by atoms with Gasteiger partial charge in [0.15, 0.2) is 12.6 Å². The van der Waals surface area contributed by atoms with E-state index in [9.17, 15) is 55.5 Å². The van der Waals surface area contributed by atoms with Gasteiger partial charge in [-0.25, -0.2) is 46.9 Å². The van der Waals surface area contributed by atoms with Crippen molar-refractivity contribution in [2.45, 2.75) is 102 Å². The molecule has 0 aliphatic carbocycles. The van der Waals surface area contributed by atoms with E-state index in [0.717, 1.165) is 126 Å². The second-order valence-electron chi connectivity index (χ2n) is 20.9. The van der Waals surface area contributed by atoms with Gasteiger partial charge in [0.05, 0.1) is 55.5 Å². The number of pyridine rings is 6. The summed E-state index contributed by atoms with van der Waals surface area (Å²) in [5, 5.41) is 0. The first-order chi connectivity index (χ1) is 42.6. The first-order valence-electron chi connectivity index (χ1n) is 28.9. The minimum atomic E-state index is -0.574. The Morgan fingerprint density at radius 2 is 0.977 bits per heavy atom. The molecule has 5 aliphatic rings. The summed E-state index contributed by atoms with van der Waals surface area (Å²) in [4.78, 5) is 112. The average molecular weight is 1280 g/mol. The van der Waals surface area contributed by atoms with Gasteiger partial charge in [-0.1, -0.05) is 6.07 Å². The van der Waals surface area contributed by atoms with Gasteiger partial charge in [0.2, 0.25) is 23.6 Å². The fourth-order valence-corrected chi connectivity index (χ4v) is 10.7. The fraction of sp³-hybridized carbons (Fsp3) is 0.381. The fourth-order valence-electron chi connectivity index (χ4n) is 10.4. The van der Waals surface area contributed by atoms with Crippen molar-refractivity contribution in [3.05, 3.63) is 159 Å². The normalized spacial score (nSPS) is 16.9. The van der Waals surface area contributed by atoms with Crippen LogP contribution in [0.3, 0.4) is 0 Å². The molecule has 0 aromatic carbocycles. The van der Waals surface area contributed by atoms with E-state index in [4.69, 9.17) is 4.74 Å². The summed E-state index contributed by atoms with van der Waals surface area (Å²) >= 11 is 2.98. The molecule has 88 heavy (non-hydrogen) atoms. The van der Waals surface area contributed by atoms with Gasteiger partial charge in [0.1, 0.15) is 63.2 Å². The van der Waals surface area contributed by atoms with E-state index in [1.54, 1.807) is 20.8 Å². The Kier molecular flexibility index (Phi) is 25.9. The van der Waals surface area contributed by atoms with Crippen molar-refractivity contribution in [3.63, 3.8) is 0 Å². The van der Waals surface area contributed by atoms with E-state index in [1.807, 2.05) is 18.3 Å². The van der Waals surface area contributed by atoms with E-state index in [2.05, 4.69) is 56.8 Å². The lowest BCUT2D eigenvalue weighted by Gasteiger charge is -2.28. The van der Waals surface area contributed by atoms with Crippen LogP contribution in [0.5, 0.6) is 0 Å². The first-order valence-corrected chi connectivity index (χ1v) is 29.7. The number of hydrogen-bond acceptors (Lipinski definition) is 15. The maximum Gasteiger partial charge on any atom is 0.228 e. The summed E-state index contributed by atoms with van der Waals surface area (Å²) in [6.07, 6.45) is 23.2. The molecule has 5 aliphatic heterocycles. The van der Waals surface area contributed by atoms with Gasteiger partial charge in [0, 0.05) is 100 Å². The molecule has 1 unspecified atom stereocenters. The number of carbonyl (C=O) groups excluding carboxylic acids is 7. The highest BCUT2D eigenvalue weighted by atomic mass is 79.9. The van der Waals surface area contributed by atoms with Crippen LogP contribution in [0.15, 0.2) is 96.6 Å². The molecule has 6 aromatic heterocycles. The van der Waals surface area contributed by atoms with Crippen LogP contribution in [0.25, 0.3) is 6.08 Å². The molecule has 6 aromatic rings. The average Bonchev–Trinajstić information content (AvgIpc) is 4.20. The van der Waals surface area contributed by atoms with Gasteiger partial charge in [-0.3, -0.25) is 53.4 Å². The Bertz CT molecular complexity index is 3430. The number of nitrogens with zero attached hydrogens (tertiary/aromatic N) is 11. The van der Waals surface area contributed by atoms with Crippen molar-refractivity contribution in [2.24, 2.45) is 0 Å². The summed E-state index contributed by atoms with van der Waals surface area (Å²) in [7, 11) is 1.51. The molecule has 5 saturated heterocycles. The number of anilines is 4. The van der Waals surface area contributed by atoms with Crippen LogP contribution >= 0.6 is 15.9 Å². The van der Waals surface area contributed by atoms with Gasteiger partial charge in [-0.15, -0.1) is 0 Å². The van der Waals surface area contributed by atoms with Crippen molar-refractivity contribution in [1.82, 2.24) is 34.8 Å². The Morgan fingerprint density at radius 3 is 1.44 bits per heavy atom. The molecule has 0 spiro atoms. The quantitative estimate of drug-likeness (QED) is 0.0428. The van der Waals surface area contributed by atoms with Crippen LogP contribution in [0.2, 0.25) is 0 Å². The predicted octanol–water partition coefficient (Wildman–Crippen LogP) is 10.3. The number of aldehydes is 3. The van der Waals surface area contributed by atoms with Gasteiger partial charge < -0.3 is 14.4 Å². The highest BCUT2D eigenvalue weighted by molar-refractivity contribution is 9.10. The van der Waals surface area contributed by atoms with Crippen molar-refractivity contribution in [1.29, 1.82) is 0 Å². The molecule has 11 heterocycles. The summed E-state index contributed by atoms with van der Waals surface area (Å²) in [5.74, 6) is -0.0118. The van der Waals surface area contributed by atoms with Crippen LogP contribution in [0, 0.1) is 29.1 Å². The molecule has 1 atom stereocenters. The van der Waals surface area contributed by atoms with E-state index < -0.39 is 23.3 Å². The SMILES string of the molecule is CO/C=C/c1cc(F)cnc1N1CCCCC1=O.O=C1CCCCN1c1ncc(F)cc1CCN1CCC(c2ccccn2)C1.O=CCc1cc(F)cnc1N1CCCCC1=O.O=Cc1cc(F)cnc1Br.O=Cc1cc(F)cnc1N1CCCCC1=O. The Morgan fingerprint density at radius 1 is 0.534 bits per heavy atom. The van der Waals surface area contributed by atoms with Crippen LogP contribution < -0.4 is 19.6 Å². The minimum absolute atomic E-state index is 0.0116. The van der Waals surface area contributed by atoms with E-state index in [0.29, 0.717) is 116 Å². The number of halogens is 6. The Labute approximate surface area is 514 Å². The highest BCUT2D eigenvalue weighted by Crippen LogP contribution is 2.30. The zero-order valence-electron chi connectivity index (χ0n) is 48.6. The molecular formula is C63H67BrF5N11O8. The van der Waals surface area contributed by atoms with Gasteiger partial charge in [-0.2, -0.15) is 0 Å². The van der Waals surface area contributed by atoms with E-state index in [-0.39, 0.29) is 52.8 Å². The number of methoxy groups -OCH3 is 1. The third kappa shape index (κ3) is 19.2. The van der Waals surface area contributed by atoms with Gasteiger partial charge in [0.25, 0.3) is 0 Å². The number of piperidine rings is 4. The summed E-state index contributed by atoms with van der Waals surface area (Å²) in [5.41, 5.74) is 3.33. The zero-order valence-corrected chi connectivity index (χ0v) is 50.1. The summed E-state index contributed by atoms with van der Waals surface area (Å²) in [6, 6.07) is 12.4. The lowest BCUT2D eigenvalue weighted by atomic mass is 10.0. The van der Waals surface area contributed by atoms with Crippen LogP contribution in [0.1, 0.15) is 132 Å². The highest BCUT2D eigenvalue weighted by Gasteiger charge is 2.29. The number of carbonyl (C=O) groups is 7. The second kappa shape index (κ2) is 34.1. The standard InChI is InChI=1S/C21H25FN4O.C13H15FN2O2.C12H13FN2O2.C11H11FN2O2.C6H3BrFNO/c22-18-13-16(21(24-14-18)26-10-4-2-6-20(26)27)7-11-25-12-8-17(15-25)19-5-1-3-9-23-19;1-18-7-5-10-8-11(14)9-15-13(10)16-6-3-2-4-12(16)17;13-10-7-9(4-6-16)12(14-8-10)15-5-2-1-3-11(15)17;12-9-5-8(7-15)11(13-6-9)14-4-2-1-3-10(14)16;7-6-4(3-10)1-5(8)2-9-6/h1,3,5,9,13-14,17H,2,4,6-8,10-12,15H2;5,7-9H,2-4,6H2,1H3;6-8H,1-5H2;5-7H,1-4H2;1-3H/b;7-5+;;;. The van der Waals surface area contributed by atoms with Gasteiger partial charge in [-0.05, 0) is 141 Å². The lowest BCUT2D eigenvalue weighted by Crippen LogP contribution is -2.37. The van der Waals surface area contributed by atoms with E-state index >= 15 is 0 Å². The molecule has 0 radical (unpaired) electrons. The molecule has 0 bridgehead atoms. The van der Waals surface area contributed by atoms with Gasteiger partial charge >= 0.3 is 0 Å². The largest absolute Gasteiger partial charge is 0.504 e. The molecule has 11 rings (SSSR count). The molecular weight excluding hydrogens is 1210 g/mol. The number of amides is 4. The maximum absolute atomic E-state index is 13.8. The second-order valence-corrected chi connectivity index (χ2v) is 21.6. The number of aromatic nitrogens is 6. The Hall–Kier alpha value is -8.58. The molecule has 25 heteroatoms. The zero-order chi connectivity index (χ0) is 63.0. The maximum atomic E-state index is 13.8. The molecule has 19 nitrogen and oxygen atoms in total. The smallest absolute Gasteiger partial charge is 0.228 e. The molecule has 0 saturated carbocycles. The van der Waals surface area contributed by atoms with Crippen LogP contribution in [0.4, 0.5) is 45.2 Å². The van der Waals surface area contributed by atoms with Crippen LogP contribution in [-0.4, -0.2) is 130 Å².